The van der Waals surface area contributed by atoms with E-state index >= 15 is 0 Å². The summed E-state index contributed by atoms with van der Waals surface area (Å²) in [6.45, 7) is 6.42. The van der Waals surface area contributed by atoms with Crippen molar-refractivity contribution in [1.29, 1.82) is 0 Å². The lowest BCUT2D eigenvalue weighted by Gasteiger charge is -2.11. The molecule has 0 spiro atoms. The van der Waals surface area contributed by atoms with E-state index < -0.39 is 0 Å². The number of hydrogen-bond donors (Lipinski definition) is 1. The lowest BCUT2D eigenvalue weighted by atomic mass is 10.0. The molecule has 1 N–H and O–H groups in total. The van der Waals surface area contributed by atoms with Gasteiger partial charge in [-0.05, 0) is 55.5 Å². The molecule has 2 heterocycles. The first kappa shape index (κ1) is 19.5. The van der Waals surface area contributed by atoms with Gasteiger partial charge < -0.3 is 5.32 Å². The number of nitrogens with zero attached hydrogens (tertiary/aromatic N) is 3. The largest absolute Gasteiger partial charge is 0.349 e. The van der Waals surface area contributed by atoms with Gasteiger partial charge in [0.25, 0.3) is 5.91 Å². The lowest BCUT2D eigenvalue weighted by Crippen LogP contribution is -2.25. The van der Waals surface area contributed by atoms with Crippen molar-refractivity contribution in [3.8, 4) is 16.9 Å². The van der Waals surface area contributed by atoms with Gasteiger partial charge in [0.05, 0.1) is 34.4 Å². The zero-order valence-corrected chi connectivity index (χ0v) is 18.1. The van der Waals surface area contributed by atoms with Crippen molar-refractivity contribution in [2.75, 3.05) is 0 Å². The molecule has 0 bridgehead atoms. The summed E-state index contributed by atoms with van der Waals surface area (Å²) < 4.78 is 1.93. The zero-order chi connectivity index (χ0) is 21.5. The van der Waals surface area contributed by atoms with Crippen LogP contribution in [0.15, 0.2) is 60.8 Å². The summed E-state index contributed by atoms with van der Waals surface area (Å²) in [7, 11) is 0. The molecule has 5 heteroatoms. The molecule has 5 nitrogen and oxygen atoms in total. The molecule has 0 saturated heterocycles. The molecule has 2 aromatic heterocycles. The van der Waals surface area contributed by atoms with Crippen LogP contribution in [0, 0.1) is 6.92 Å². The third kappa shape index (κ3) is 3.72. The van der Waals surface area contributed by atoms with Crippen molar-refractivity contribution >= 4 is 16.8 Å². The Balaban J connectivity index is 1.57. The number of aromatic nitrogens is 3. The first-order valence-corrected chi connectivity index (χ1v) is 10.9. The molecule has 5 rings (SSSR count). The highest BCUT2D eigenvalue weighted by atomic mass is 16.1. The van der Waals surface area contributed by atoms with E-state index in [4.69, 9.17) is 4.98 Å². The average Bonchev–Trinajstić information content (AvgIpc) is 3.51. The molecule has 1 fully saturated rings. The highest BCUT2D eigenvalue weighted by Gasteiger charge is 2.25. The SMILES string of the molecule is Cc1c(-c2cc(C(=O)NC3CC3)c3ccccc3n2)cnn1-c1ccc(C(C)C)cc1. The second-order valence-corrected chi connectivity index (χ2v) is 8.62. The zero-order valence-electron chi connectivity index (χ0n) is 18.1. The Bertz CT molecular complexity index is 1270. The lowest BCUT2D eigenvalue weighted by molar-refractivity contribution is 0.0952. The Labute approximate surface area is 182 Å². The van der Waals surface area contributed by atoms with E-state index in [9.17, 15) is 4.79 Å². The van der Waals surface area contributed by atoms with Gasteiger partial charge in [-0.3, -0.25) is 4.79 Å². The van der Waals surface area contributed by atoms with Crippen LogP contribution in [-0.2, 0) is 0 Å². The highest BCUT2D eigenvalue weighted by Crippen LogP contribution is 2.29. The normalized spacial score (nSPS) is 13.7. The van der Waals surface area contributed by atoms with Crippen LogP contribution < -0.4 is 5.32 Å². The minimum absolute atomic E-state index is 0.0309. The first-order valence-electron chi connectivity index (χ1n) is 10.9. The van der Waals surface area contributed by atoms with E-state index in [1.54, 1.807) is 0 Å². The van der Waals surface area contributed by atoms with Gasteiger partial charge in [-0.15, -0.1) is 0 Å². The minimum Gasteiger partial charge on any atom is -0.349 e. The Morgan fingerprint density at radius 1 is 1.10 bits per heavy atom. The molecule has 31 heavy (non-hydrogen) atoms. The van der Waals surface area contributed by atoms with Crippen LogP contribution in [0.4, 0.5) is 0 Å². The fourth-order valence-corrected chi connectivity index (χ4v) is 3.91. The van der Waals surface area contributed by atoms with Crippen molar-refractivity contribution in [3.63, 3.8) is 0 Å². The standard InChI is InChI=1S/C26H26N4O/c1-16(2)18-8-12-20(13-9-18)30-17(3)23(15-27-30)25-14-22(26(31)28-19-10-11-19)21-6-4-5-7-24(21)29-25/h4-9,12-16,19H,10-11H2,1-3H3,(H,28,31). The third-order valence-electron chi connectivity index (χ3n) is 5.96. The fourth-order valence-electron chi connectivity index (χ4n) is 3.91. The molecule has 1 saturated carbocycles. The maximum atomic E-state index is 12.9. The molecular weight excluding hydrogens is 384 g/mol. The summed E-state index contributed by atoms with van der Waals surface area (Å²) in [6, 6.07) is 18.5. The highest BCUT2D eigenvalue weighted by molar-refractivity contribution is 6.07. The number of pyridine rings is 1. The van der Waals surface area contributed by atoms with Crippen molar-refractivity contribution in [3.05, 3.63) is 77.6 Å². The molecule has 0 atom stereocenters. The van der Waals surface area contributed by atoms with Crippen LogP contribution in [0.25, 0.3) is 27.8 Å². The molecule has 4 aromatic rings. The van der Waals surface area contributed by atoms with Crippen LogP contribution in [0.2, 0.25) is 0 Å². The minimum atomic E-state index is -0.0309. The van der Waals surface area contributed by atoms with Crippen molar-refractivity contribution in [1.82, 2.24) is 20.1 Å². The van der Waals surface area contributed by atoms with Gasteiger partial charge >= 0.3 is 0 Å². The maximum Gasteiger partial charge on any atom is 0.252 e. The molecule has 1 amide bonds. The number of benzene rings is 2. The summed E-state index contributed by atoms with van der Waals surface area (Å²) in [5.74, 6) is 0.460. The van der Waals surface area contributed by atoms with Crippen LogP contribution in [0.3, 0.4) is 0 Å². The van der Waals surface area contributed by atoms with Crippen LogP contribution >= 0.6 is 0 Å². The van der Waals surface area contributed by atoms with Crippen molar-refractivity contribution in [2.24, 2.45) is 0 Å². The van der Waals surface area contributed by atoms with Gasteiger partial charge in [-0.2, -0.15) is 5.10 Å². The van der Waals surface area contributed by atoms with Gasteiger partial charge in [0.1, 0.15) is 0 Å². The molecule has 1 aliphatic carbocycles. The number of amides is 1. The Morgan fingerprint density at radius 3 is 2.55 bits per heavy atom. The number of nitrogens with one attached hydrogen (secondary N) is 1. The molecule has 156 valence electrons. The van der Waals surface area contributed by atoms with Crippen molar-refractivity contribution < 1.29 is 4.79 Å². The van der Waals surface area contributed by atoms with E-state index in [0.717, 1.165) is 46.4 Å². The Morgan fingerprint density at radius 2 is 1.84 bits per heavy atom. The monoisotopic (exact) mass is 410 g/mol. The van der Waals surface area contributed by atoms with Gasteiger partial charge in [0.15, 0.2) is 0 Å². The summed E-state index contributed by atoms with van der Waals surface area (Å²) in [6.07, 6.45) is 3.96. The second-order valence-electron chi connectivity index (χ2n) is 8.62. The molecule has 2 aromatic carbocycles. The predicted molar refractivity (Wildman–Crippen MR) is 124 cm³/mol. The molecule has 0 aliphatic heterocycles. The van der Waals surface area contributed by atoms with Gasteiger partial charge in [-0.1, -0.05) is 44.2 Å². The van der Waals surface area contributed by atoms with Gasteiger partial charge in [0, 0.05) is 17.0 Å². The number of carbonyl (C=O) groups excluding carboxylic acids is 1. The van der Waals surface area contributed by atoms with Gasteiger partial charge in [-0.25, -0.2) is 9.67 Å². The van der Waals surface area contributed by atoms with Crippen LogP contribution in [-0.4, -0.2) is 26.7 Å². The summed E-state index contributed by atoms with van der Waals surface area (Å²) in [4.78, 5) is 17.8. The van der Waals surface area contributed by atoms with E-state index in [-0.39, 0.29) is 5.91 Å². The number of hydrogen-bond acceptors (Lipinski definition) is 3. The fraction of sp³-hybridized carbons (Fsp3) is 0.269. The molecular formula is C26H26N4O. The summed E-state index contributed by atoms with van der Waals surface area (Å²) in [5, 5.41) is 8.61. The van der Waals surface area contributed by atoms with Gasteiger partial charge in [0.2, 0.25) is 0 Å². The number of carbonyl (C=O) groups is 1. The van der Waals surface area contributed by atoms with E-state index in [1.807, 2.05) is 48.1 Å². The predicted octanol–water partition coefficient (Wildman–Crippen LogP) is 5.41. The molecule has 0 radical (unpaired) electrons. The average molecular weight is 411 g/mol. The second kappa shape index (κ2) is 7.65. The number of rotatable bonds is 5. The Kier molecular flexibility index (Phi) is 4.81. The van der Waals surface area contributed by atoms with Crippen molar-refractivity contribution in [2.45, 2.75) is 45.6 Å². The summed E-state index contributed by atoms with van der Waals surface area (Å²) >= 11 is 0. The van der Waals surface area contributed by atoms with E-state index in [0.29, 0.717) is 17.5 Å². The number of para-hydroxylation sites is 1. The third-order valence-corrected chi connectivity index (χ3v) is 5.96. The van der Waals surface area contributed by atoms with Crippen LogP contribution in [0.1, 0.15) is 54.2 Å². The topological polar surface area (TPSA) is 59.8 Å². The van der Waals surface area contributed by atoms with Crippen LogP contribution in [0.5, 0.6) is 0 Å². The first-order chi connectivity index (χ1) is 15.0. The smallest absolute Gasteiger partial charge is 0.252 e. The van der Waals surface area contributed by atoms with E-state index in [1.165, 1.54) is 5.56 Å². The quantitative estimate of drug-likeness (QED) is 0.478. The maximum absolute atomic E-state index is 12.9. The number of fused-ring (bicyclic) bond motifs is 1. The van der Waals surface area contributed by atoms with E-state index in [2.05, 4.69) is 48.5 Å². The molecule has 1 aliphatic rings. The summed E-state index contributed by atoms with van der Waals surface area (Å²) in [5.41, 5.74) is 6.49. The molecule has 0 unspecified atom stereocenters. The Hall–Kier alpha value is -3.47.